The van der Waals surface area contributed by atoms with E-state index in [4.69, 9.17) is 24.1 Å². The first-order valence-corrected chi connectivity index (χ1v) is 7.22. The van der Waals surface area contributed by atoms with Crippen LogP contribution in [-0.4, -0.2) is 60.8 Å². The Labute approximate surface area is 131 Å². The minimum atomic E-state index is -1.46. The lowest BCUT2D eigenvalue weighted by molar-refractivity contribution is -0.186. The topological polar surface area (TPSA) is 91.3 Å². The fourth-order valence-electron chi connectivity index (χ4n) is 1.33. The summed E-state index contributed by atoms with van der Waals surface area (Å²) in [6.07, 6.45) is -1.46. The Bertz CT molecular complexity index is 324. The van der Waals surface area contributed by atoms with Crippen LogP contribution in [0.15, 0.2) is 0 Å². The largest absolute Gasteiger partial charge is 0.458 e. The molecule has 7 nitrogen and oxygen atoms in total. The summed E-state index contributed by atoms with van der Waals surface area (Å²) in [7, 11) is 0. The molecule has 0 atom stereocenters. The molecule has 0 aliphatic carbocycles. The maximum atomic E-state index is 12.1. The van der Waals surface area contributed by atoms with Gasteiger partial charge in [0.05, 0.1) is 26.4 Å². The lowest BCUT2D eigenvalue weighted by Crippen LogP contribution is -2.42. The van der Waals surface area contributed by atoms with Crippen molar-refractivity contribution in [2.24, 2.45) is 0 Å². The van der Waals surface area contributed by atoms with Crippen LogP contribution in [0.3, 0.4) is 0 Å². The van der Waals surface area contributed by atoms with Gasteiger partial charge in [0.15, 0.2) is 0 Å². The number of rotatable bonds is 8. The van der Waals surface area contributed by atoms with Gasteiger partial charge in [-0.2, -0.15) is 0 Å². The van der Waals surface area contributed by atoms with E-state index in [0.717, 1.165) is 0 Å². The fourth-order valence-corrected chi connectivity index (χ4v) is 1.33. The van der Waals surface area contributed by atoms with Crippen LogP contribution in [0.1, 0.15) is 41.5 Å². The average Bonchev–Trinajstić information content (AvgIpc) is 2.28. The number of carbonyl (C=O) groups is 2. The highest BCUT2D eigenvalue weighted by molar-refractivity contribution is 5.98. The molecule has 0 spiro atoms. The van der Waals surface area contributed by atoms with Crippen molar-refractivity contribution in [3.05, 3.63) is 0 Å². The Morgan fingerprint density at radius 2 is 1.32 bits per heavy atom. The first-order chi connectivity index (χ1) is 9.96. The Kier molecular flexibility index (Phi) is 8.58. The van der Waals surface area contributed by atoms with Crippen LogP contribution in [0, 0.1) is 0 Å². The minimum absolute atomic E-state index is 0.00313. The van der Waals surface area contributed by atoms with Crippen LogP contribution in [0.25, 0.3) is 0 Å². The maximum absolute atomic E-state index is 12.1. The van der Waals surface area contributed by atoms with E-state index in [0.29, 0.717) is 0 Å². The fraction of sp³-hybridized carbons (Fsp3) is 0.867. The molecule has 130 valence electrons. The normalized spacial score (nSPS) is 12.4. The van der Waals surface area contributed by atoms with E-state index in [1.54, 1.807) is 41.5 Å². The Balaban J connectivity index is 4.69. The number of hydrogen-bond acceptors (Lipinski definition) is 7. The molecular weight excluding hydrogens is 292 g/mol. The predicted molar refractivity (Wildman–Crippen MR) is 79.3 cm³/mol. The second kappa shape index (κ2) is 9.07. The zero-order valence-electron chi connectivity index (χ0n) is 14.3. The third-order valence-electron chi connectivity index (χ3n) is 1.99. The maximum Gasteiger partial charge on any atom is 0.347 e. The number of aliphatic hydroxyl groups is 1. The summed E-state index contributed by atoms with van der Waals surface area (Å²) in [5, 5.41) is 8.59. The van der Waals surface area contributed by atoms with E-state index in [-0.39, 0.29) is 26.4 Å². The Hall–Kier alpha value is -1.18. The van der Waals surface area contributed by atoms with E-state index in [9.17, 15) is 9.59 Å². The molecule has 0 heterocycles. The van der Waals surface area contributed by atoms with Gasteiger partial charge in [-0.1, -0.05) is 0 Å². The quantitative estimate of drug-likeness (QED) is 0.406. The van der Waals surface area contributed by atoms with Gasteiger partial charge in [-0.3, -0.25) is 0 Å². The minimum Gasteiger partial charge on any atom is -0.458 e. The highest BCUT2D eigenvalue weighted by Crippen LogP contribution is 2.14. The molecule has 0 radical (unpaired) electrons. The van der Waals surface area contributed by atoms with Crippen molar-refractivity contribution < 1.29 is 33.6 Å². The number of ether oxygens (including phenoxy) is 4. The van der Waals surface area contributed by atoms with Crippen LogP contribution in [0.5, 0.6) is 0 Å². The van der Waals surface area contributed by atoms with Crippen molar-refractivity contribution in [2.75, 3.05) is 26.4 Å². The summed E-state index contributed by atoms with van der Waals surface area (Å²) in [5.74, 6) is -1.60. The van der Waals surface area contributed by atoms with Gasteiger partial charge in [0.1, 0.15) is 11.2 Å². The van der Waals surface area contributed by atoms with Gasteiger partial charge in [0, 0.05) is 0 Å². The van der Waals surface area contributed by atoms with Crippen molar-refractivity contribution in [3.8, 4) is 0 Å². The van der Waals surface area contributed by atoms with Gasteiger partial charge in [-0.15, -0.1) is 0 Å². The SMILES string of the molecule is CC(C)(C)OC(=O)C(OCCOCCO)C(=O)OC(C)(C)C. The Morgan fingerprint density at radius 1 is 0.864 bits per heavy atom. The van der Waals surface area contributed by atoms with E-state index >= 15 is 0 Å². The van der Waals surface area contributed by atoms with Crippen molar-refractivity contribution in [1.82, 2.24) is 0 Å². The lowest BCUT2D eigenvalue weighted by Gasteiger charge is -2.26. The second-order valence-corrected chi connectivity index (χ2v) is 6.65. The number of esters is 2. The van der Waals surface area contributed by atoms with E-state index < -0.39 is 29.2 Å². The number of aliphatic hydroxyl groups excluding tert-OH is 1. The molecule has 0 unspecified atom stereocenters. The molecule has 7 heteroatoms. The summed E-state index contributed by atoms with van der Waals surface area (Å²) >= 11 is 0. The zero-order chi connectivity index (χ0) is 17.4. The summed E-state index contributed by atoms with van der Waals surface area (Å²) in [6.45, 7) is 10.4. The van der Waals surface area contributed by atoms with Gasteiger partial charge >= 0.3 is 11.9 Å². The molecule has 0 fully saturated rings. The van der Waals surface area contributed by atoms with Crippen molar-refractivity contribution in [1.29, 1.82) is 0 Å². The smallest absolute Gasteiger partial charge is 0.347 e. The first kappa shape index (κ1) is 20.8. The molecule has 0 bridgehead atoms. The molecule has 1 N–H and O–H groups in total. The standard InChI is InChI=1S/C15H28O7/c1-14(2,3)21-12(17)11(13(18)22-15(4,5)6)20-10-9-19-8-7-16/h11,16H,7-10H2,1-6H3. The van der Waals surface area contributed by atoms with Crippen molar-refractivity contribution in [2.45, 2.75) is 58.8 Å². The van der Waals surface area contributed by atoms with Gasteiger partial charge in [0.25, 0.3) is 6.10 Å². The molecular formula is C15H28O7. The lowest BCUT2D eigenvalue weighted by atomic mass is 10.2. The monoisotopic (exact) mass is 320 g/mol. The third kappa shape index (κ3) is 10.5. The summed E-state index contributed by atoms with van der Waals surface area (Å²) in [5.41, 5.74) is -1.48. The molecule has 0 aliphatic heterocycles. The predicted octanol–water partition coefficient (Wildman–Crippen LogP) is 1.06. The van der Waals surface area contributed by atoms with E-state index in [2.05, 4.69) is 0 Å². The van der Waals surface area contributed by atoms with Crippen LogP contribution < -0.4 is 0 Å². The summed E-state index contributed by atoms with van der Waals surface area (Å²) in [6, 6.07) is 0. The third-order valence-corrected chi connectivity index (χ3v) is 1.99. The second-order valence-electron chi connectivity index (χ2n) is 6.65. The highest BCUT2D eigenvalue weighted by Gasteiger charge is 2.35. The van der Waals surface area contributed by atoms with E-state index in [1.165, 1.54) is 0 Å². The average molecular weight is 320 g/mol. The van der Waals surface area contributed by atoms with Crippen LogP contribution >= 0.6 is 0 Å². The number of carbonyl (C=O) groups excluding carboxylic acids is 2. The van der Waals surface area contributed by atoms with Gasteiger partial charge in [-0.05, 0) is 41.5 Å². The van der Waals surface area contributed by atoms with Crippen LogP contribution in [0.2, 0.25) is 0 Å². The number of hydrogen-bond donors (Lipinski definition) is 1. The molecule has 0 rings (SSSR count). The molecule has 0 aromatic rings. The van der Waals surface area contributed by atoms with Crippen molar-refractivity contribution in [3.63, 3.8) is 0 Å². The molecule has 22 heavy (non-hydrogen) atoms. The van der Waals surface area contributed by atoms with E-state index in [1.807, 2.05) is 0 Å². The summed E-state index contributed by atoms with van der Waals surface area (Å²) < 4.78 is 20.6. The molecule has 0 saturated carbocycles. The highest BCUT2D eigenvalue weighted by atomic mass is 16.6. The Morgan fingerprint density at radius 3 is 1.68 bits per heavy atom. The zero-order valence-corrected chi connectivity index (χ0v) is 14.3. The molecule has 0 aliphatic rings. The van der Waals surface area contributed by atoms with Crippen LogP contribution in [0.4, 0.5) is 0 Å². The molecule has 0 aromatic heterocycles. The van der Waals surface area contributed by atoms with Crippen molar-refractivity contribution >= 4 is 11.9 Å². The molecule has 0 aromatic carbocycles. The molecule has 0 saturated heterocycles. The molecule has 0 amide bonds. The van der Waals surface area contributed by atoms with Gasteiger partial charge in [-0.25, -0.2) is 9.59 Å². The van der Waals surface area contributed by atoms with Crippen LogP contribution in [-0.2, 0) is 28.5 Å². The first-order valence-electron chi connectivity index (χ1n) is 7.22. The van der Waals surface area contributed by atoms with Gasteiger partial charge < -0.3 is 24.1 Å². The van der Waals surface area contributed by atoms with Gasteiger partial charge in [0.2, 0.25) is 0 Å². The summed E-state index contributed by atoms with van der Waals surface area (Å²) in [4.78, 5) is 24.2.